The van der Waals surface area contributed by atoms with Crippen LogP contribution in [0.1, 0.15) is 31.2 Å². The van der Waals surface area contributed by atoms with Crippen LogP contribution in [0.2, 0.25) is 0 Å². The molecule has 6 nitrogen and oxygen atoms in total. The van der Waals surface area contributed by atoms with E-state index < -0.39 is 5.60 Å². The zero-order valence-electron chi connectivity index (χ0n) is 14.6. The molecule has 2 aliphatic rings. The lowest BCUT2D eigenvalue weighted by Crippen LogP contribution is -2.50. The molecule has 0 radical (unpaired) electrons. The van der Waals surface area contributed by atoms with Gasteiger partial charge in [-0.15, -0.1) is 0 Å². The first-order chi connectivity index (χ1) is 12.0. The van der Waals surface area contributed by atoms with Gasteiger partial charge in [-0.2, -0.15) is 0 Å². The number of piperidine rings is 2. The molecule has 0 aliphatic carbocycles. The van der Waals surface area contributed by atoms with Crippen molar-refractivity contribution in [1.82, 2.24) is 9.80 Å². The molecule has 0 aromatic heterocycles. The third-order valence-corrected chi connectivity index (χ3v) is 5.45. The van der Waals surface area contributed by atoms with Gasteiger partial charge in [0.25, 0.3) is 0 Å². The van der Waals surface area contributed by atoms with Crippen molar-refractivity contribution in [1.29, 1.82) is 0 Å². The molecule has 2 saturated heterocycles. The highest BCUT2D eigenvalue weighted by Gasteiger charge is 2.37. The Morgan fingerprint density at radius 3 is 2.48 bits per heavy atom. The number of aliphatic hydroxyl groups is 1. The molecule has 1 aromatic rings. The van der Waals surface area contributed by atoms with E-state index in [2.05, 4.69) is 0 Å². The molecule has 2 heterocycles. The number of nitrogens with two attached hydrogens (primary N) is 1. The Morgan fingerprint density at radius 2 is 1.84 bits per heavy atom. The highest BCUT2D eigenvalue weighted by Crippen LogP contribution is 2.33. The highest BCUT2D eigenvalue weighted by atomic mass is 16.3. The summed E-state index contributed by atoms with van der Waals surface area (Å²) >= 11 is 0. The lowest BCUT2D eigenvalue weighted by atomic mass is 9.84. The standard InChI is InChI=1S/C19H27N3O3/c20-17(23)14-21-10-4-5-15(13-21)18(24)22-11-8-19(25,9-12-22)16-6-2-1-3-7-16/h1-3,6-7,15,25H,4-5,8-14H2,(H2,20,23)/t15-/m0/s1. The van der Waals surface area contributed by atoms with Crippen LogP contribution >= 0.6 is 0 Å². The predicted octanol–water partition coefficient (Wildman–Crippen LogP) is 0.694. The lowest BCUT2D eigenvalue weighted by Gasteiger charge is -2.41. The van der Waals surface area contributed by atoms with Gasteiger partial charge in [0.15, 0.2) is 0 Å². The van der Waals surface area contributed by atoms with Crippen molar-refractivity contribution < 1.29 is 14.7 Å². The minimum atomic E-state index is -0.845. The number of rotatable bonds is 4. The molecule has 136 valence electrons. The summed E-state index contributed by atoms with van der Waals surface area (Å²) in [5.74, 6) is -0.278. The van der Waals surface area contributed by atoms with Gasteiger partial charge in [0.2, 0.25) is 11.8 Å². The van der Waals surface area contributed by atoms with Crippen LogP contribution in [0.3, 0.4) is 0 Å². The van der Waals surface area contributed by atoms with Gasteiger partial charge in [0, 0.05) is 19.6 Å². The first-order valence-electron chi connectivity index (χ1n) is 9.05. The fourth-order valence-electron chi connectivity index (χ4n) is 4.01. The molecule has 3 N–H and O–H groups in total. The Kier molecular flexibility index (Phi) is 5.39. The van der Waals surface area contributed by atoms with Gasteiger partial charge >= 0.3 is 0 Å². The molecular formula is C19H27N3O3. The Hall–Kier alpha value is -1.92. The molecule has 2 fully saturated rings. The summed E-state index contributed by atoms with van der Waals surface area (Å²) in [7, 11) is 0. The summed E-state index contributed by atoms with van der Waals surface area (Å²) in [5, 5.41) is 10.9. The fraction of sp³-hybridized carbons (Fsp3) is 0.579. The highest BCUT2D eigenvalue weighted by molar-refractivity contribution is 5.80. The Morgan fingerprint density at radius 1 is 1.16 bits per heavy atom. The molecule has 0 saturated carbocycles. The normalized spacial score (nSPS) is 24.0. The topological polar surface area (TPSA) is 86.9 Å². The average Bonchev–Trinajstić information content (AvgIpc) is 2.62. The van der Waals surface area contributed by atoms with E-state index in [4.69, 9.17) is 5.73 Å². The summed E-state index contributed by atoms with van der Waals surface area (Å²) < 4.78 is 0. The first kappa shape index (κ1) is 17.9. The minimum Gasteiger partial charge on any atom is -0.385 e. The maximum atomic E-state index is 12.8. The van der Waals surface area contributed by atoms with E-state index in [1.165, 1.54) is 0 Å². The van der Waals surface area contributed by atoms with Crippen LogP contribution in [0.25, 0.3) is 0 Å². The first-order valence-corrected chi connectivity index (χ1v) is 9.05. The third-order valence-electron chi connectivity index (χ3n) is 5.45. The fourth-order valence-corrected chi connectivity index (χ4v) is 4.01. The second kappa shape index (κ2) is 7.54. The number of carbonyl (C=O) groups excluding carboxylic acids is 2. The van der Waals surface area contributed by atoms with Crippen molar-refractivity contribution in [3.8, 4) is 0 Å². The smallest absolute Gasteiger partial charge is 0.231 e. The van der Waals surface area contributed by atoms with Gasteiger partial charge in [-0.3, -0.25) is 14.5 Å². The zero-order valence-corrected chi connectivity index (χ0v) is 14.6. The molecule has 2 aliphatic heterocycles. The van der Waals surface area contributed by atoms with Crippen molar-refractivity contribution in [2.24, 2.45) is 11.7 Å². The SMILES string of the molecule is NC(=O)CN1CCC[C@H](C(=O)N2CCC(O)(c3ccccc3)CC2)C1. The summed E-state index contributed by atoms with van der Waals surface area (Å²) in [6.07, 6.45) is 2.87. The van der Waals surface area contributed by atoms with Crippen LogP contribution in [0, 0.1) is 5.92 Å². The second-order valence-electron chi connectivity index (χ2n) is 7.26. The quantitative estimate of drug-likeness (QED) is 0.841. The van der Waals surface area contributed by atoms with E-state index >= 15 is 0 Å². The molecule has 1 aromatic carbocycles. The van der Waals surface area contributed by atoms with Crippen molar-refractivity contribution in [2.75, 3.05) is 32.7 Å². The van der Waals surface area contributed by atoms with Crippen molar-refractivity contribution >= 4 is 11.8 Å². The maximum absolute atomic E-state index is 12.8. The van der Waals surface area contributed by atoms with Gasteiger partial charge in [-0.05, 0) is 37.8 Å². The molecule has 3 rings (SSSR count). The van der Waals surface area contributed by atoms with Gasteiger partial charge in [0.1, 0.15) is 0 Å². The molecule has 6 heteroatoms. The summed E-state index contributed by atoms with van der Waals surface area (Å²) in [5.41, 5.74) is 5.35. The van der Waals surface area contributed by atoms with Crippen LogP contribution in [0.4, 0.5) is 0 Å². The van der Waals surface area contributed by atoms with Gasteiger partial charge in [-0.1, -0.05) is 30.3 Å². The van der Waals surface area contributed by atoms with Gasteiger partial charge < -0.3 is 15.7 Å². The number of amides is 2. The number of hydrogen-bond acceptors (Lipinski definition) is 4. The Labute approximate surface area is 148 Å². The van der Waals surface area contributed by atoms with Crippen LogP contribution < -0.4 is 5.73 Å². The van der Waals surface area contributed by atoms with Gasteiger partial charge in [0.05, 0.1) is 18.1 Å². The molecule has 25 heavy (non-hydrogen) atoms. The van der Waals surface area contributed by atoms with E-state index in [0.29, 0.717) is 32.5 Å². The number of nitrogens with zero attached hydrogens (tertiary/aromatic N) is 2. The van der Waals surface area contributed by atoms with Crippen molar-refractivity contribution in [2.45, 2.75) is 31.3 Å². The van der Waals surface area contributed by atoms with Crippen LogP contribution in [-0.4, -0.2) is 59.4 Å². The summed E-state index contributed by atoms with van der Waals surface area (Å²) in [4.78, 5) is 27.8. The summed E-state index contributed by atoms with van der Waals surface area (Å²) in [6, 6.07) is 9.69. The molecule has 0 bridgehead atoms. The molecule has 2 amide bonds. The molecule has 1 atom stereocenters. The number of likely N-dealkylation sites (tertiary alicyclic amines) is 2. The third kappa shape index (κ3) is 4.19. The van der Waals surface area contributed by atoms with Crippen LogP contribution in [0.15, 0.2) is 30.3 Å². The second-order valence-corrected chi connectivity index (χ2v) is 7.26. The van der Waals surface area contributed by atoms with E-state index in [1.807, 2.05) is 40.1 Å². The zero-order chi connectivity index (χ0) is 17.9. The predicted molar refractivity (Wildman–Crippen MR) is 94.5 cm³/mol. The monoisotopic (exact) mass is 345 g/mol. The minimum absolute atomic E-state index is 0.0731. The van der Waals surface area contributed by atoms with Gasteiger partial charge in [-0.25, -0.2) is 0 Å². The molecular weight excluding hydrogens is 318 g/mol. The van der Waals surface area contributed by atoms with E-state index in [1.54, 1.807) is 0 Å². The van der Waals surface area contributed by atoms with E-state index in [9.17, 15) is 14.7 Å². The Balaban J connectivity index is 1.57. The number of benzene rings is 1. The lowest BCUT2D eigenvalue weighted by molar-refractivity contribution is -0.142. The number of carbonyl (C=O) groups is 2. The molecule has 0 spiro atoms. The van der Waals surface area contributed by atoms with Crippen molar-refractivity contribution in [3.05, 3.63) is 35.9 Å². The average molecular weight is 345 g/mol. The Bertz CT molecular complexity index is 612. The van der Waals surface area contributed by atoms with E-state index in [-0.39, 0.29) is 24.3 Å². The molecule has 0 unspecified atom stereocenters. The summed E-state index contributed by atoms with van der Waals surface area (Å²) in [6.45, 7) is 2.77. The van der Waals surface area contributed by atoms with Crippen molar-refractivity contribution in [3.63, 3.8) is 0 Å². The largest absolute Gasteiger partial charge is 0.385 e. The van der Waals surface area contributed by atoms with Crippen LogP contribution in [0.5, 0.6) is 0 Å². The van der Waals surface area contributed by atoms with E-state index in [0.717, 1.165) is 24.9 Å². The maximum Gasteiger partial charge on any atom is 0.231 e. The number of primary amides is 1. The van der Waals surface area contributed by atoms with Crippen LogP contribution in [-0.2, 0) is 15.2 Å². The number of hydrogen-bond donors (Lipinski definition) is 2.